The van der Waals surface area contributed by atoms with Gasteiger partial charge in [-0.1, -0.05) is 41.9 Å². The molecule has 0 aliphatic carbocycles. The van der Waals surface area contributed by atoms with E-state index in [4.69, 9.17) is 16.3 Å². The minimum atomic E-state index is -0.357. The largest absolute Gasteiger partial charge is 0.461 e. The zero-order valence-corrected chi connectivity index (χ0v) is 13.5. The fourth-order valence-electron chi connectivity index (χ4n) is 2.61. The molecule has 0 saturated heterocycles. The molecular formula is C18H17ClN2O2. The lowest BCUT2D eigenvalue weighted by molar-refractivity contribution is -0.135. The third-order valence-corrected chi connectivity index (χ3v) is 3.95. The maximum atomic E-state index is 12.1. The summed E-state index contributed by atoms with van der Waals surface area (Å²) in [7, 11) is 0. The molecule has 0 bridgehead atoms. The quantitative estimate of drug-likeness (QED) is 0.789. The van der Waals surface area contributed by atoms with Crippen LogP contribution in [0.15, 0.2) is 59.7 Å². The van der Waals surface area contributed by atoms with E-state index in [2.05, 4.69) is 5.10 Å². The molecule has 5 heteroatoms. The average molecular weight is 329 g/mol. The fourth-order valence-corrected chi connectivity index (χ4v) is 2.74. The van der Waals surface area contributed by atoms with Crippen molar-refractivity contribution in [3.8, 4) is 0 Å². The van der Waals surface area contributed by atoms with E-state index in [0.717, 1.165) is 11.3 Å². The normalized spacial score (nSPS) is 17.0. The minimum absolute atomic E-state index is 0.0308. The average Bonchev–Trinajstić information content (AvgIpc) is 3.02. The molecule has 1 heterocycles. The van der Waals surface area contributed by atoms with Crippen LogP contribution in [0.3, 0.4) is 0 Å². The number of esters is 1. The van der Waals surface area contributed by atoms with Gasteiger partial charge in [0.1, 0.15) is 5.71 Å². The van der Waals surface area contributed by atoms with Crippen LogP contribution in [-0.4, -0.2) is 18.3 Å². The van der Waals surface area contributed by atoms with E-state index in [1.165, 1.54) is 0 Å². The first-order chi connectivity index (χ1) is 11.2. The number of benzene rings is 2. The Kier molecular flexibility index (Phi) is 4.63. The van der Waals surface area contributed by atoms with Gasteiger partial charge in [0.15, 0.2) is 0 Å². The summed E-state index contributed by atoms with van der Waals surface area (Å²) in [5.41, 5.74) is 2.43. The third kappa shape index (κ3) is 3.37. The number of carbonyl (C=O) groups excluding carboxylic acids is 1. The molecule has 118 valence electrons. The van der Waals surface area contributed by atoms with Gasteiger partial charge in [-0.05, 0) is 36.8 Å². The van der Waals surface area contributed by atoms with Crippen molar-refractivity contribution >= 4 is 29.0 Å². The Hall–Kier alpha value is -2.33. The molecule has 0 saturated carbocycles. The molecule has 0 N–H and O–H groups in total. The topological polar surface area (TPSA) is 41.9 Å². The van der Waals surface area contributed by atoms with Crippen LogP contribution in [0.1, 0.15) is 24.9 Å². The Labute approximate surface area is 140 Å². The lowest BCUT2D eigenvalue weighted by Crippen LogP contribution is -2.18. The summed E-state index contributed by atoms with van der Waals surface area (Å²) in [6.07, 6.45) is 0.519. The van der Waals surface area contributed by atoms with Crippen molar-refractivity contribution in [2.24, 2.45) is 5.10 Å². The van der Waals surface area contributed by atoms with Crippen LogP contribution in [0.25, 0.3) is 0 Å². The van der Waals surface area contributed by atoms with Crippen molar-refractivity contribution in [2.45, 2.75) is 19.4 Å². The Morgan fingerprint density at radius 1 is 1.22 bits per heavy atom. The van der Waals surface area contributed by atoms with Crippen molar-refractivity contribution in [1.29, 1.82) is 0 Å². The number of hydrogen-bond donors (Lipinski definition) is 0. The zero-order valence-electron chi connectivity index (χ0n) is 12.8. The van der Waals surface area contributed by atoms with E-state index in [1.807, 2.05) is 59.6 Å². The fraction of sp³-hybridized carbons (Fsp3) is 0.222. The van der Waals surface area contributed by atoms with Crippen molar-refractivity contribution in [3.63, 3.8) is 0 Å². The number of nitrogens with zero attached hydrogens (tertiary/aromatic N) is 2. The van der Waals surface area contributed by atoms with Gasteiger partial charge in [-0.25, -0.2) is 4.79 Å². The molecule has 1 aliphatic heterocycles. The molecule has 2 aromatic rings. The Balaban J connectivity index is 1.95. The first kappa shape index (κ1) is 15.6. The van der Waals surface area contributed by atoms with E-state index in [9.17, 15) is 4.79 Å². The van der Waals surface area contributed by atoms with Gasteiger partial charge in [-0.2, -0.15) is 5.10 Å². The van der Waals surface area contributed by atoms with E-state index in [1.54, 1.807) is 6.92 Å². The van der Waals surface area contributed by atoms with Crippen LogP contribution >= 0.6 is 11.6 Å². The van der Waals surface area contributed by atoms with Crippen LogP contribution in [-0.2, 0) is 9.53 Å². The Morgan fingerprint density at radius 2 is 1.91 bits per heavy atom. The van der Waals surface area contributed by atoms with E-state index in [0.29, 0.717) is 23.8 Å². The molecular weight excluding hydrogens is 312 g/mol. The SMILES string of the molecule is CCOC(=O)C1=NN(c2ccc(Cl)cc2)[C@@H](c2ccccc2)C1. The number of hydrazone groups is 1. The van der Waals surface area contributed by atoms with E-state index in [-0.39, 0.29) is 12.0 Å². The van der Waals surface area contributed by atoms with Gasteiger partial charge < -0.3 is 4.74 Å². The zero-order chi connectivity index (χ0) is 16.2. The number of hydrogen-bond acceptors (Lipinski definition) is 4. The Bertz CT molecular complexity index is 714. The highest BCUT2D eigenvalue weighted by atomic mass is 35.5. The number of ether oxygens (including phenoxy) is 1. The standard InChI is InChI=1S/C18H17ClN2O2/c1-2-23-18(22)16-12-17(13-6-4-3-5-7-13)21(20-16)15-10-8-14(19)9-11-15/h3-11,17H,2,12H2,1H3/t17-/m1/s1. The second-order valence-electron chi connectivity index (χ2n) is 5.22. The summed E-state index contributed by atoms with van der Waals surface area (Å²) in [5.74, 6) is -0.357. The molecule has 0 radical (unpaired) electrons. The van der Waals surface area contributed by atoms with Crippen LogP contribution in [0.2, 0.25) is 5.02 Å². The van der Waals surface area contributed by atoms with Gasteiger partial charge in [0.2, 0.25) is 0 Å². The number of halogens is 1. The van der Waals surface area contributed by atoms with Gasteiger partial charge in [0, 0.05) is 11.4 Å². The molecule has 23 heavy (non-hydrogen) atoms. The minimum Gasteiger partial charge on any atom is -0.461 e. The van der Waals surface area contributed by atoms with Crippen molar-refractivity contribution in [1.82, 2.24) is 0 Å². The second-order valence-corrected chi connectivity index (χ2v) is 5.66. The second kappa shape index (κ2) is 6.84. The highest BCUT2D eigenvalue weighted by molar-refractivity contribution is 6.37. The van der Waals surface area contributed by atoms with Crippen LogP contribution < -0.4 is 5.01 Å². The maximum absolute atomic E-state index is 12.1. The molecule has 0 aromatic heterocycles. The molecule has 1 atom stereocenters. The molecule has 4 nitrogen and oxygen atoms in total. The molecule has 3 rings (SSSR count). The summed E-state index contributed by atoms with van der Waals surface area (Å²) in [6, 6.07) is 17.4. The smallest absolute Gasteiger partial charge is 0.354 e. The molecule has 1 aliphatic rings. The summed E-state index contributed by atoms with van der Waals surface area (Å²) in [5, 5.41) is 7.02. The summed E-state index contributed by atoms with van der Waals surface area (Å²) in [6.45, 7) is 2.13. The summed E-state index contributed by atoms with van der Waals surface area (Å²) in [4.78, 5) is 12.1. The summed E-state index contributed by atoms with van der Waals surface area (Å²) < 4.78 is 5.10. The first-order valence-electron chi connectivity index (χ1n) is 7.53. The maximum Gasteiger partial charge on any atom is 0.354 e. The number of rotatable bonds is 4. The van der Waals surface area contributed by atoms with Crippen molar-refractivity contribution in [3.05, 3.63) is 65.2 Å². The van der Waals surface area contributed by atoms with Gasteiger partial charge in [0.25, 0.3) is 0 Å². The lowest BCUT2D eigenvalue weighted by atomic mass is 10.0. The molecule has 0 unspecified atom stereocenters. The van der Waals surface area contributed by atoms with Crippen LogP contribution in [0.4, 0.5) is 5.69 Å². The number of carbonyl (C=O) groups is 1. The molecule has 0 fully saturated rings. The van der Waals surface area contributed by atoms with Crippen LogP contribution in [0, 0.1) is 0 Å². The Morgan fingerprint density at radius 3 is 2.57 bits per heavy atom. The highest BCUT2D eigenvalue weighted by Crippen LogP contribution is 2.35. The third-order valence-electron chi connectivity index (χ3n) is 3.70. The van der Waals surface area contributed by atoms with Gasteiger partial charge in [-0.3, -0.25) is 5.01 Å². The van der Waals surface area contributed by atoms with Gasteiger partial charge in [0.05, 0.1) is 18.3 Å². The highest BCUT2D eigenvalue weighted by Gasteiger charge is 2.32. The van der Waals surface area contributed by atoms with Crippen LogP contribution in [0.5, 0.6) is 0 Å². The monoisotopic (exact) mass is 328 g/mol. The van der Waals surface area contributed by atoms with E-state index >= 15 is 0 Å². The number of anilines is 1. The molecule has 0 spiro atoms. The van der Waals surface area contributed by atoms with Crippen molar-refractivity contribution < 1.29 is 9.53 Å². The predicted octanol–water partition coefficient (Wildman–Crippen LogP) is 4.21. The summed E-state index contributed by atoms with van der Waals surface area (Å²) >= 11 is 5.96. The lowest BCUT2D eigenvalue weighted by Gasteiger charge is -2.23. The molecule has 2 aromatic carbocycles. The molecule has 0 amide bonds. The van der Waals surface area contributed by atoms with Gasteiger partial charge in [-0.15, -0.1) is 0 Å². The van der Waals surface area contributed by atoms with Crippen molar-refractivity contribution in [2.75, 3.05) is 11.6 Å². The van der Waals surface area contributed by atoms with Gasteiger partial charge >= 0.3 is 5.97 Å². The first-order valence-corrected chi connectivity index (χ1v) is 7.91. The van der Waals surface area contributed by atoms with E-state index < -0.39 is 0 Å². The predicted molar refractivity (Wildman–Crippen MR) is 91.8 cm³/mol.